The first-order valence-electron chi connectivity index (χ1n) is 23.5. The van der Waals surface area contributed by atoms with Gasteiger partial charge in [-0.25, -0.2) is 0 Å². The van der Waals surface area contributed by atoms with E-state index in [0.29, 0.717) is 79.0 Å². The van der Waals surface area contributed by atoms with E-state index in [4.69, 9.17) is 51.6 Å². The number of hydrogen-bond donors (Lipinski definition) is 0. The molecule has 10 aromatic carbocycles. The molecule has 1 aliphatic carbocycles. The first kappa shape index (κ1) is 47.4. The normalized spacial score (nSPS) is 11.7. The lowest BCUT2D eigenvalue weighted by Gasteiger charge is -2.34. The average Bonchev–Trinajstić information content (AvgIpc) is 3.74. The highest BCUT2D eigenvalue weighted by molar-refractivity contribution is 6.32. The molecule has 11 rings (SSSR count). The number of hydrogen-bond acceptors (Lipinski definition) is 9. The summed E-state index contributed by atoms with van der Waals surface area (Å²) in [6.45, 7) is 0. The molecule has 0 spiro atoms. The zero-order chi connectivity index (χ0) is 51.3. The number of nitrogens with zero attached hydrogens (tertiary/aromatic N) is 3. The van der Waals surface area contributed by atoms with E-state index in [1.165, 1.54) is 0 Å². The van der Waals surface area contributed by atoms with Crippen LogP contribution in [-0.4, -0.2) is 0 Å². The Morgan fingerprint density at radius 1 is 0.293 bits per heavy atom. The molecule has 75 heavy (non-hydrogen) atoms. The van der Waals surface area contributed by atoms with Crippen LogP contribution in [0.2, 0.25) is 10.0 Å². The molecule has 0 amide bonds. The van der Waals surface area contributed by atoms with E-state index in [0.717, 1.165) is 33.4 Å². The maximum Gasteiger partial charge on any atom is 0.149 e. The first-order valence-corrected chi connectivity index (χ1v) is 24.2. The maximum absolute atomic E-state index is 10.5. The van der Waals surface area contributed by atoms with Gasteiger partial charge in [-0.05, 0) is 155 Å². The van der Waals surface area contributed by atoms with Crippen molar-refractivity contribution in [3.8, 4) is 98.3 Å². The van der Waals surface area contributed by atoms with Gasteiger partial charge in [0.05, 0.1) is 15.5 Å². The highest BCUT2D eigenvalue weighted by Gasteiger charge is 2.46. The Bertz CT molecular complexity index is 3850. The van der Waals surface area contributed by atoms with Crippen LogP contribution < -0.4 is 28.4 Å². The van der Waals surface area contributed by atoms with Crippen LogP contribution in [0, 0.1) is 34.0 Å². The van der Waals surface area contributed by atoms with Gasteiger partial charge < -0.3 is 28.4 Å². The quantitative estimate of drug-likeness (QED) is 0.105. The molecule has 0 fully saturated rings. The van der Waals surface area contributed by atoms with Crippen molar-refractivity contribution in [2.45, 2.75) is 5.41 Å². The topological polar surface area (TPSA) is 127 Å². The minimum absolute atomic E-state index is 0.229. The number of fused-ring (bicyclic) bond motifs is 3. The predicted octanol–water partition coefficient (Wildman–Crippen LogP) is 17.7. The van der Waals surface area contributed by atoms with Crippen molar-refractivity contribution in [3.05, 3.63) is 273 Å². The second-order valence-corrected chi connectivity index (χ2v) is 17.9. The second kappa shape index (κ2) is 20.6. The summed E-state index contributed by atoms with van der Waals surface area (Å²) in [6.07, 6.45) is 0. The van der Waals surface area contributed by atoms with E-state index in [-0.39, 0.29) is 16.7 Å². The zero-order valence-electron chi connectivity index (χ0n) is 39.4. The van der Waals surface area contributed by atoms with Crippen molar-refractivity contribution in [2.75, 3.05) is 0 Å². The molecule has 0 saturated carbocycles. The van der Waals surface area contributed by atoms with E-state index in [1.54, 1.807) is 109 Å². The minimum atomic E-state index is -0.709. The zero-order valence-corrected chi connectivity index (χ0v) is 40.9. The third-order valence-electron chi connectivity index (χ3n) is 12.6. The summed E-state index contributed by atoms with van der Waals surface area (Å²) >= 11 is 12.5. The molecule has 0 heterocycles. The van der Waals surface area contributed by atoms with Gasteiger partial charge in [-0.2, -0.15) is 15.8 Å². The standard InChI is InChI=1S/C64H37Cl2N3O6/c65-58-15-6-17-60(53(58)38-67)72-45-25-21-41(22-26-45)64(56-13-3-1-11-51(56)52-12-2-4-14-57(52)64)42-23-27-46(28-24-42)74-62-19-8-20-63(55(62)40-69)75-48-35-31-44(32-36-48)71-50-10-5-9-49(37-50)70-43-29-33-47(34-30-43)73-61-18-7-16-59(66)54(61)39-68/h1-37H. The molecule has 0 unspecified atom stereocenters. The van der Waals surface area contributed by atoms with E-state index in [2.05, 4.69) is 91.0 Å². The van der Waals surface area contributed by atoms with Crippen molar-refractivity contribution in [1.29, 1.82) is 15.8 Å². The predicted molar refractivity (Wildman–Crippen MR) is 287 cm³/mol. The summed E-state index contributed by atoms with van der Waals surface area (Å²) in [5, 5.41) is 30.3. The molecule has 0 N–H and O–H groups in total. The summed E-state index contributed by atoms with van der Waals surface area (Å²) in [6, 6.07) is 76.1. The largest absolute Gasteiger partial charge is 0.457 e. The Morgan fingerprint density at radius 2 is 0.600 bits per heavy atom. The Labute approximate surface area is 442 Å². The summed E-state index contributed by atoms with van der Waals surface area (Å²) in [5.41, 5.74) is 6.62. The summed E-state index contributed by atoms with van der Waals surface area (Å²) in [5.74, 6) is 5.74. The van der Waals surface area contributed by atoms with Crippen molar-refractivity contribution in [2.24, 2.45) is 0 Å². The van der Waals surface area contributed by atoms with Gasteiger partial charge in [-0.15, -0.1) is 0 Å². The Hall–Kier alpha value is -9.95. The molecule has 0 aromatic heterocycles. The van der Waals surface area contributed by atoms with Crippen LogP contribution in [0.15, 0.2) is 224 Å². The molecule has 1 aliphatic rings. The Morgan fingerprint density at radius 3 is 0.973 bits per heavy atom. The van der Waals surface area contributed by atoms with E-state index >= 15 is 0 Å². The smallest absolute Gasteiger partial charge is 0.149 e. The fourth-order valence-electron chi connectivity index (χ4n) is 9.29. The second-order valence-electron chi connectivity index (χ2n) is 17.1. The molecule has 0 saturated heterocycles. The van der Waals surface area contributed by atoms with Crippen molar-refractivity contribution in [1.82, 2.24) is 0 Å². The van der Waals surface area contributed by atoms with Gasteiger partial charge in [0.1, 0.15) is 104 Å². The highest BCUT2D eigenvalue weighted by Crippen LogP contribution is 2.56. The monoisotopic (exact) mass is 1010 g/mol. The summed E-state index contributed by atoms with van der Waals surface area (Å²) < 4.78 is 37.1. The molecule has 0 aliphatic heterocycles. The van der Waals surface area contributed by atoms with E-state index in [1.807, 2.05) is 42.5 Å². The Balaban J connectivity index is 0.787. The number of ether oxygens (including phenoxy) is 6. The molecular formula is C64H37Cl2N3O6. The average molecular weight is 1010 g/mol. The molecule has 0 atom stereocenters. The first-order chi connectivity index (χ1) is 36.8. The number of halogens is 2. The third-order valence-corrected chi connectivity index (χ3v) is 13.3. The number of nitriles is 3. The van der Waals surface area contributed by atoms with Crippen LogP contribution in [-0.2, 0) is 5.41 Å². The fourth-order valence-corrected chi connectivity index (χ4v) is 9.71. The molecule has 11 heteroatoms. The van der Waals surface area contributed by atoms with E-state index in [9.17, 15) is 15.8 Å². The van der Waals surface area contributed by atoms with Crippen molar-refractivity contribution < 1.29 is 28.4 Å². The number of benzene rings is 10. The highest BCUT2D eigenvalue weighted by atomic mass is 35.5. The van der Waals surface area contributed by atoms with Gasteiger partial charge in [-0.1, -0.05) is 120 Å². The van der Waals surface area contributed by atoms with Gasteiger partial charge in [-0.3, -0.25) is 0 Å². The maximum atomic E-state index is 10.5. The van der Waals surface area contributed by atoms with Crippen molar-refractivity contribution >= 4 is 23.2 Å². The molecule has 9 nitrogen and oxygen atoms in total. The summed E-state index contributed by atoms with van der Waals surface area (Å²) in [7, 11) is 0. The SMILES string of the molecule is N#Cc1c(Cl)cccc1Oc1ccc(Oc2cccc(Oc3ccc(Oc4cccc(Oc5ccc(C6(c7ccc(Oc8cccc(Cl)c8C#N)cc7)c7ccccc7-c7ccccc76)cc5)c4C#N)cc3)c2)cc1. The lowest BCUT2D eigenvalue weighted by molar-refractivity contribution is 0.450. The molecule has 358 valence electrons. The molecular weight excluding hydrogens is 978 g/mol. The summed E-state index contributed by atoms with van der Waals surface area (Å²) in [4.78, 5) is 0. The third kappa shape index (κ3) is 9.39. The fraction of sp³-hybridized carbons (Fsp3) is 0.0156. The Kier molecular flexibility index (Phi) is 13.0. The van der Waals surface area contributed by atoms with Crippen LogP contribution >= 0.6 is 23.2 Å². The van der Waals surface area contributed by atoms with Gasteiger partial charge in [0.2, 0.25) is 0 Å². The lowest BCUT2D eigenvalue weighted by Crippen LogP contribution is -2.28. The lowest BCUT2D eigenvalue weighted by atomic mass is 9.68. The molecule has 0 radical (unpaired) electrons. The van der Waals surface area contributed by atoms with Gasteiger partial charge in [0, 0.05) is 6.07 Å². The minimum Gasteiger partial charge on any atom is -0.457 e. The van der Waals surface area contributed by atoms with Crippen molar-refractivity contribution in [3.63, 3.8) is 0 Å². The molecule has 10 aromatic rings. The van der Waals surface area contributed by atoms with Crippen LogP contribution in [0.5, 0.6) is 69.0 Å². The van der Waals surface area contributed by atoms with Crippen LogP contribution in [0.3, 0.4) is 0 Å². The van der Waals surface area contributed by atoms with Crippen LogP contribution in [0.4, 0.5) is 0 Å². The van der Waals surface area contributed by atoms with Gasteiger partial charge >= 0.3 is 0 Å². The van der Waals surface area contributed by atoms with Crippen LogP contribution in [0.1, 0.15) is 38.9 Å². The number of rotatable bonds is 14. The van der Waals surface area contributed by atoms with Gasteiger partial charge in [0.15, 0.2) is 0 Å². The van der Waals surface area contributed by atoms with E-state index < -0.39 is 5.41 Å². The van der Waals surface area contributed by atoms with Gasteiger partial charge in [0.25, 0.3) is 0 Å². The van der Waals surface area contributed by atoms with Crippen LogP contribution in [0.25, 0.3) is 11.1 Å². The molecule has 0 bridgehead atoms.